The average Bonchev–Trinajstić information content (AvgIpc) is 2.90. The Hall–Kier alpha value is -1.20. The van der Waals surface area contributed by atoms with Crippen LogP contribution in [0.15, 0.2) is 12.4 Å². The van der Waals surface area contributed by atoms with E-state index in [0.717, 1.165) is 44.7 Å². The van der Waals surface area contributed by atoms with Gasteiger partial charge in [-0.1, -0.05) is 6.92 Å². The SMILES string of the molecule is CCC(C)(C(=O)CCc1cnn(C)c1)N1CCOCC1. The fourth-order valence-electron chi connectivity index (χ4n) is 2.78. The Morgan fingerprint density at radius 1 is 1.45 bits per heavy atom. The minimum atomic E-state index is -0.355. The number of aromatic nitrogens is 2. The standard InChI is InChI=1S/C15H25N3O2/c1-4-15(2,18-7-9-20-10-8-18)14(19)6-5-13-11-16-17(3)12-13/h11-12H,4-10H2,1-3H3. The van der Waals surface area contributed by atoms with Crippen molar-refractivity contribution in [3.63, 3.8) is 0 Å². The highest BCUT2D eigenvalue weighted by Crippen LogP contribution is 2.24. The van der Waals surface area contributed by atoms with E-state index in [1.54, 1.807) is 4.68 Å². The van der Waals surface area contributed by atoms with Gasteiger partial charge in [0.2, 0.25) is 0 Å². The second-order valence-corrected chi connectivity index (χ2v) is 5.67. The van der Waals surface area contributed by atoms with E-state index in [1.807, 2.05) is 19.4 Å². The lowest BCUT2D eigenvalue weighted by Gasteiger charge is -2.41. The summed E-state index contributed by atoms with van der Waals surface area (Å²) in [7, 11) is 1.90. The van der Waals surface area contributed by atoms with Gasteiger partial charge in [-0.15, -0.1) is 0 Å². The third-order valence-electron chi connectivity index (χ3n) is 4.40. The topological polar surface area (TPSA) is 47.4 Å². The van der Waals surface area contributed by atoms with Crippen LogP contribution >= 0.6 is 0 Å². The molecule has 5 nitrogen and oxygen atoms in total. The lowest BCUT2D eigenvalue weighted by molar-refractivity contribution is -0.133. The van der Waals surface area contributed by atoms with E-state index in [0.29, 0.717) is 12.2 Å². The van der Waals surface area contributed by atoms with Crippen molar-refractivity contribution in [1.82, 2.24) is 14.7 Å². The lowest BCUT2D eigenvalue weighted by Crippen LogP contribution is -2.56. The number of hydrogen-bond donors (Lipinski definition) is 0. The van der Waals surface area contributed by atoms with E-state index >= 15 is 0 Å². The molecule has 0 amide bonds. The Labute approximate surface area is 120 Å². The molecule has 0 N–H and O–H groups in total. The van der Waals surface area contributed by atoms with Gasteiger partial charge in [0.15, 0.2) is 5.78 Å². The van der Waals surface area contributed by atoms with Crippen LogP contribution < -0.4 is 0 Å². The Balaban J connectivity index is 1.96. The molecule has 1 aliphatic rings. The third kappa shape index (κ3) is 3.27. The van der Waals surface area contributed by atoms with E-state index < -0.39 is 0 Å². The Morgan fingerprint density at radius 2 is 2.15 bits per heavy atom. The molecule has 1 unspecified atom stereocenters. The molecule has 1 aromatic heterocycles. The van der Waals surface area contributed by atoms with E-state index in [1.165, 1.54) is 0 Å². The van der Waals surface area contributed by atoms with Gasteiger partial charge in [-0.3, -0.25) is 14.4 Å². The molecule has 112 valence electrons. The number of carbonyl (C=O) groups is 1. The average molecular weight is 279 g/mol. The van der Waals surface area contributed by atoms with Crippen molar-refractivity contribution in [3.8, 4) is 0 Å². The second kappa shape index (κ2) is 6.50. The van der Waals surface area contributed by atoms with Gasteiger partial charge in [-0.05, 0) is 25.3 Å². The first-order chi connectivity index (χ1) is 9.56. The molecule has 1 saturated heterocycles. The van der Waals surface area contributed by atoms with Crippen molar-refractivity contribution in [2.75, 3.05) is 26.3 Å². The fourth-order valence-corrected chi connectivity index (χ4v) is 2.78. The number of Topliss-reactive ketones (excluding diaryl/α,β-unsaturated/α-hetero) is 1. The molecule has 5 heteroatoms. The molecule has 2 heterocycles. The summed E-state index contributed by atoms with van der Waals surface area (Å²) in [5, 5.41) is 4.15. The molecule has 20 heavy (non-hydrogen) atoms. The quantitative estimate of drug-likeness (QED) is 0.790. The first-order valence-corrected chi connectivity index (χ1v) is 7.40. The van der Waals surface area contributed by atoms with Gasteiger partial charge in [0.1, 0.15) is 0 Å². The monoisotopic (exact) mass is 279 g/mol. The van der Waals surface area contributed by atoms with Crippen LogP contribution in [0.5, 0.6) is 0 Å². The van der Waals surface area contributed by atoms with Crippen molar-refractivity contribution >= 4 is 5.78 Å². The van der Waals surface area contributed by atoms with Gasteiger partial charge < -0.3 is 4.74 Å². The number of ether oxygens (including phenoxy) is 1. The largest absolute Gasteiger partial charge is 0.379 e. The highest BCUT2D eigenvalue weighted by atomic mass is 16.5. The minimum Gasteiger partial charge on any atom is -0.379 e. The zero-order chi connectivity index (χ0) is 14.6. The van der Waals surface area contributed by atoms with E-state index in [9.17, 15) is 4.79 Å². The maximum absolute atomic E-state index is 12.7. The van der Waals surface area contributed by atoms with Gasteiger partial charge in [0.25, 0.3) is 0 Å². The molecular formula is C15H25N3O2. The van der Waals surface area contributed by atoms with Crippen LogP contribution in [-0.2, 0) is 23.0 Å². The highest BCUT2D eigenvalue weighted by molar-refractivity contribution is 5.88. The van der Waals surface area contributed by atoms with E-state index in [4.69, 9.17) is 4.74 Å². The van der Waals surface area contributed by atoms with E-state index in [-0.39, 0.29) is 5.54 Å². The van der Waals surface area contributed by atoms with Gasteiger partial charge in [-0.2, -0.15) is 5.10 Å². The predicted molar refractivity (Wildman–Crippen MR) is 77.6 cm³/mol. The van der Waals surface area contributed by atoms with Crippen LogP contribution in [0.4, 0.5) is 0 Å². The summed E-state index contributed by atoms with van der Waals surface area (Å²) < 4.78 is 7.17. The zero-order valence-corrected chi connectivity index (χ0v) is 12.8. The molecule has 0 aliphatic carbocycles. The van der Waals surface area contributed by atoms with Crippen molar-refractivity contribution < 1.29 is 9.53 Å². The van der Waals surface area contributed by atoms with Gasteiger partial charge in [0, 0.05) is 32.8 Å². The molecule has 1 aliphatic heterocycles. The van der Waals surface area contributed by atoms with Crippen LogP contribution in [0.3, 0.4) is 0 Å². The molecular weight excluding hydrogens is 254 g/mol. The van der Waals surface area contributed by atoms with Crippen LogP contribution in [0.25, 0.3) is 0 Å². The van der Waals surface area contributed by atoms with Crippen LogP contribution in [0.1, 0.15) is 32.3 Å². The maximum atomic E-state index is 12.7. The molecule has 2 rings (SSSR count). The van der Waals surface area contributed by atoms with Crippen molar-refractivity contribution in [3.05, 3.63) is 18.0 Å². The zero-order valence-electron chi connectivity index (χ0n) is 12.8. The molecule has 1 fully saturated rings. The summed E-state index contributed by atoms with van der Waals surface area (Å²) in [6.45, 7) is 7.32. The fraction of sp³-hybridized carbons (Fsp3) is 0.733. The maximum Gasteiger partial charge on any atom is 0.153 e. The second-order valence-electron chi connectivity index (χ2n) is 5.67. The van der Waals surface area contributed by atoms with Crippen LogP contribution in [-0.4, -0.2) is 52.3 Å². The van der Waals surface area contributed by atoms with Gasteiger partial charge >= 0.3 is 0 Å². The van der Waals surface area contributed by atoms with Crippen LogP contribution in [0, 0.1) is 0 Å². The molecule has 0 aromatic carbocycles. The number of ketones is 1. The van der Waals surface area contributed by atoms with Gasteiger partial charge in [-0.25, -0.2) is 0 Å². The van der Waals surface area contributed by atoms with Crippen LogP contribution in [0.2, 0.25) is 0 Å². The number of nitrogens with zero attached hydrogens (tertiary/aromatic N) is 3. The molecule has 0 bridgehead atoms. The highest BCUT2D eigenvalue weighted by Gasteiger charge is 2.37. The predicted octanol–water partition coefficient (Wildman–Crippen LogP) is 1.42. The van der Waals surface area contributed by atoms with Crippen molar-refractivity contribution in [2.24, 2.45) is 7.05 Å². The summed E-state index contributed by atoms with van der Waals surface area (Å²) in [6.07, 6.45) is 6.01. The summed E-state index contributed by atoms with van der Waals surface area (Å²) >= 11 is 0. The van der Waals surface area contributed by atoms with Crippen molar-refractivity contribution in [1.29, 1.82) is 0 Å². The Kier molecular flexibility index (Phi) is 4.94. The van der Waals surface area contributed by atoms with Crippen molar-refractivity contribution in [2.45, 2.75) is 38.6 Å². The first-order valence-electron chi connectivity index (χ1n) is 7.40. The number of carbonyl (C=O) groups excluding carboxylic acids is 1. The molecule has 0 spiro atoms. The van der Waals surface area contributed by atoms with E-state index in [2.05, 4.69) is 23.8 Å². The number of morpholine rings is 1. The number of aryl methyl sites for hydroxylation is 2. The number of hydrogen-bond acceptors (Lipinski definition) is 4. The smallest absolute Gasteiger partial charge is 0.153 e. The summed E-state index contributed by atoms with van der Waals surface area (Å²) in [6, 6.07) is 0. The minimum absolute atomic E-state index is 0.325. The summed E-state index contributed by atoms with van der Waals surface area (Å²) in [5.74, 6) is 0.325. The molecule has 1 aromatic rings. The summed E-state index contributed by atoms with van der Waals surface area (Å²) in [5.41, 5.74) is 0.771. The lowest BCUT2D eigenvalue weighted by atomic mass is 9.87. The Morgan fingerprint density at radius 3 is 2.70 bits per heavy atom. The number of rotatable bonds is 6. The molecule has 0 saturated carbocycles. The summed E-state index contributed by atoms with van der Waals surface area (Å²) in [4.78, 5) is 14.9. The Bertz CT molecular complexity index is 452. The molecule has 0 radical (unpaired) electrons. The molecule has 1 atom stereocenters. The third-order valence-corrected chi connectivity index (χ3v) is 4.40. The normalized spacial score (nSPS) is 19.8. The first kappa shape index (κ1) is 15.2. The van der Waals surface area contributed by atoms with Gasteiger partial charge in [0.05, 0.1) is 24.9 Å².